The molecule has 0 bridgehead atoms. The Morgan fingerprint density at radius 2 is 1.57 bits per heavy atom. The molecule has 7 nitrogen and oxygen atoms in total. The van der Waals surface area contributed by atoms with E-state index < -0.39 is 16.7 Å². The van der Waals surface area contributed by atoms with Crippen LogP contribution in [0.2, 0.25) is 0 Å². The van der Waals surface area contributed by atoms with Gasteiger partial charge in [-0.25, -0.2) is 4.90 Å². The molecule has 7 heteroatoms. The van der Waals surface area contributed by atoms with Crippen LogP contribution in [0.3, 0.4) is 0 Å². The zero-order chi connectivity index (χ0) is 15.1. The predicted molar refractivity (Wildman–Crippen MR) is 75.1 cm³/mol. The summed E-state index contributed by atoms with van der Waals surface area (Å²) in [6.45, 7) is 0. The van der Waals surface area contributed by atoms with Gasteiger partial charge in [0.1, 0.15) is 5.69 Å². The fraction of sp³-hybridized carbons (Fsp3) is 0. The molecule has 0 aliphatic carbocycles. The second kappa shape index (κ2) is 4.41. The average molecular weight is 283 g/mol. The highest BCUT2D eigenvalue weighted by atomic mass is 16.6. The van der Waals surface area contributed by atoms with Crippen LogP contribution < -0.4 is 10.6 Å². The molecule has 3 rings (SSSR count). The zero-order valence-corrected chi connectivity index (χ0v) is 10.6. The number of amides is 2. The standard InChI is InChI=1S/C14H9N3O4/c15-11-7-8(5-6-12(11)17(20)21)16-13(18)9-3-1-2-4-10(9)14(16)19/h1-7H,15H2. The third kappa shape index (κ3) is 1.83. The highest BCUT2D eigenvalue weighted by Gasteiger charge is 2.36. The lowest BCUT2D eigenvalue weighted by molar-refractivity contribution is -0.383. The van der Waals surface area contributed by atoms with Gasteiger partial charge < -0.3 is 5.73 Å². The second-order valence-electron chi connectivity index (χ2n) is 4.49. The van der Waals surface area contributed by atoms with Crippen molar-refractivity contribution in [3.63, 3.8) is 0 Å². The highest BCUT2D eigenvalue weighted by Crippen LogP contribution is 2.32. The van der Waals surface area contributed by atoms with Gasteiger partial charge in [-0.1, -0.05) is 12.1 Å². The van der Waals surface area contributed by atoms with Crippen molar-refractivity contribution in [2.75, 3.05) is 10.6 Å². The molecule has 1 aliphatic rings. The average Bonchev–Trinajstić information content (AvgIpc) is 2.71. The number of fused-ring (bicyclic) bond motifs is 1. The van der Waals surface area contributed by atoms with Crippen molar-refractivity contribution in [3.05, 3.63) is 63.7 Å². The fourth-order valence-electron chi connectivity index (χ4n) is 2.27. The summed E-state index contributed by atoms with van der Waals surface area (Å²) in [5.41, 5.74) is 6.05. The van der Waals surface area contributed by atoms with Gasteiger partial charge in [0.2, 0.25) is 0 Å². The summed E-state index contributed by atoms with van der Waals surface area (Å²) in [7, 11) is 0. The third-order valence-electron chi connectivity index (χ3n) is 3.26. The maximum absolute atomic E-state index is 12.3. The summed E-state index contributed by atoms with van der Waals surface area (Å²) >= 11 is 0. The Morgan fingerprint density at radius 3 is 2.05 bits per heavy atom. The van der Waals surface area contributed by atoms with E-state index in [2.05, 4.69) is 0 Å². The first-order valence-corrected chi connectivity index (χ1v) is 6.02. The molecule has 2 N–H and O–H groups in total. The molecule has 2 aromatic rings. The van der Waals surface area contributed by atoms with Gasteiger partial charge in [0.15, 0.2) is 0 Å². The molecular formula is C14H9N3O4. The normalized spacial score (nSPS) is 13.4. The number of nitro groups is 1. The first kappa shape index (κ1) is 12.8. The molecule has 1 aliphatic heterocycles. The molecule has 1 heterocycles. The van der Waals surface area contributed by atoms with Gasteiger partial charge in [-0.05, 0) is 24.3 Å². The first-order chi connectivity index (χ1) is 10.0. The van der Waals surface area contributed by atoms with E-state index >= 15 is 0 Å². The quantitative estimate of drug-likeness (QED) is 0.392. The molecule has 0 saturated carbocycles. The molecule has 0 atom stereocenters. The number of anilines is 2. The summed E-state index contributed by atoms with van der Waals surface area (Å²) in [5.74, 6) is -0.937. The molecule has 0 saturated heterocycles. The molecule has 104 valence electrons. The van der Waals surface area contributed by atoms with Crippen LogP contribution in [-0.2, 0) is 0 Å². The van der Waals surface area contributed by atoms with Gasteiger partial charge >= 0.3 is 0 Å². The van der Waals surface area contributed by atoms with Gasteiger partial charge in [0, 0.05) is 6.07 Å². The number of nitrogens with zero attached hydrogens (tertiary/aromatic N) is 2. The summed E-state index contributed by atoms with van der Waals surface area (Å²) in [6, 6.07) is 10.2. The van der Waals surface area contributed by atoms with Crippen LogP contribution in [0.5, 0.6) is 0 Å². The first-order valence-electron chi connectivity index (χ1n) is 6.02. The van der Waals surface area contributed by atoms with Crippen molar-refractivity contribution in [2.24, 2.45) is 0 Å². The van der Waals surface area contributed by atoms with E-state index in [4.69, 9.17) is 5.73 Å². The SMILES string of the molecule is Nc1cc(N2C(=O)c3ccccc3C2=O)ccc1[N+](=O)[O-]. The van der Waals surface area contributed by atoms with Crippen LogP contribution >= 0.6 is 0 Å². The monoisotopic (exact) mass is 283 g/mol. The topological polar surface area (TPSA) is 107 Å². The third-order valence-corrected chi connectivity index (χ3v) is 3.26. The molecule has 21 heavy (non-hydrogen) atoms. The Kier molecular flexibility index (Phi) is 2.69. The number of carbonyl (C=O) groups is 2. The Hall–Kier alpha value is -3.22. The van der Waals surface area contributed by atoms with Crippen LogP contribution in [0.1, 0.15) is 20.7 Å². The number of carbonyl (C=O) groups excluding carboxylic acids is 2. The lowest BCUT2D eigenvalue weighted by atomic mass is 10.1. The number of rotatable bonds is 2. The predicted octanol–water partition coefficient (Wildman–Crippen LogP) is 1.98. The Morgan fingerprint density at radius 1 is 1.00 bits per heavy atom. The molecular weight excluding hydrogens is 274 g/mol. The van der Waals surface area contributed by atoms with Crippen LogP contribution in [-0.4, -0.2) is 16.7 Å². The largest absolute Gasteiger partial charge is 0.393 e. The maximum atomic E-state index is 12.3. The number of nitro benzene ring substituents is 1. The molecule has 2 aromatic carbocycles. The van der Waals surface area contributed by atoms with E-state index in [-0.39, 0.29) is 17.1 Å². The minimum atomic E-state index is -0.624. The Bertz CT molecular complexity index is 766. The van der Waals surface area contributed by atoms with Crippen molar-refractivity contribution < 1.29 is 14.5 Å². The minimum Gasteiger partial charge on any atom is -0.393 e. The van der Waals surface area contributed by atoms with Crippen LogP contribution in [0, 0.1) is 10.1 Å². The van der Waals surface area contributed by atoms with Crippen LogP contribution in [0.15, 0.2) is 42.5 Å². The van der Waals surface area contributed by atoms with Gasteiger partial charge in [0.25, 0.3) is 17.5 Å². The van der Waals surface area contributed by atoms with E-state index in [9.17, 15) is 19.7 Å². The lowest BCUT2D eigenvalue weighted by Gasteiger charge is -2.14. The van der Waals surface area contributed by atoms with Gasteiger partial charge in [-0.15, -0.1) is 0 Å². The summed E-state index contributed by atoms with van der Waals surface area (Å²) in [5, 5.41) is 10.7. The Balaban J connectivity index is 2.07. The van der Waals surface area contributed by atoms with E-state index in [0.29, 0.717) is 11.1 Å². The van der Waals surface area contributed by atoms with Gasteiger partial charge in [-0.3, -0.25) is 19.7 Å². The van der Waals surface area contributed by atoms with Gasteiger partial charge in [0.05, 0.1) is 21.7 Å². The van der Waals surface area contributed by atoms with Crippen molar-refractivity contribution in [2.45, 2.75) is 0 Å². The van der Waals surface area contributed by atoms with E-state index in [1.165, 1.54) is 18.2 Å². The second-order valence-corrected chi connectivity index (χ2v) is 4.49. The van der Waals surface area contributed by atoms with Gasteiger partial charge in [-0.2, -0.15) is 0 Å². The van der Waals surface area contributed by atoms with Crippen molar-refractivity contribution in [3.8, 4) is 0 Å². The number of hydrogen-bond acceptors (Lipinski definition) is 5. The fourth-order valence-corrected chi connectivity index (χ4v) is 2.27. The molecule has 2 amide bonds. The van der Waals surface area contributed by atoms with Crippen molar-refractivity contribution in [1.82, 2.24) is 0 Å². The molecule has 0 radical (unpaired) electrons. The smallest absolute Gasteiger partial charge is 0.292 e. The van der Waals surface area contributed by atoms with Crippen LogP contribution in [0.25, 0.3) is 0 Å². The van der Waals surface area contributed by atoms with E-state index in [0.717, 1.165) is 4.90 Å². The molecule has 0 spiro atoms. The number of imide groups is 1. The molecule has 0 unspecified atom stereocenters. The zero-order valence-electron chi connectivity index (χ0n) is 10.6. The lowest BCUT2D eigenvalue weighted by Crippen LogP contribution is -2.29. The van der Waals surface area contributed by atoms with Crippen molar-refractivity contribution in [1.29, 1.82) is 0 Å². The molecule has 0 aromatic heterocycles. The number of nitrogens with two attached hydrogens (primary N) is 1. The summed E-state index contributed by atoms with van der Waals surface area (Å²) in [4.78, 5) is 35.6. The number of hydrogen-bond donors (Lipinski definition) is 1. The highest BCUT2D eigenvalue weighted by molar-refractivity contribution is 6.34. The number of nitrogen functional groups attached to an aromatic ring is 1. The number of benzene rings is 2. The Labute approximate surface area is 118 Å². The summed E-state index contributed by atoms with van der Waals surface area (Å²) < 4.78 is 0. The van der Waals surface area contributed by atoms with Crippen molar-refractivity contribution >= 4 is 28.9 Å². The van der Waals surface area contributed by atoms with E-state index in [1.54, 1.807) is 24.3 Å². The maximum Gasteiger partial charge on any atom is 0.292 e. The minimum absolute atomic E-state index is 0.103. The summed E-state index contributed by atoms with van der Waals surface area (Å²) in [6.07, 6.45) is 0. The molecule has 0 fully saturated rings. The van der Waals surface area contributed by atoms with Crippen LogP contribution in [0.4, 0.5) is 17.1 Å². The van der Waals surface area contributed by atoms with E-state index in [1.807, 2.05) is 0 Å².